The lowest BCUT2D eigenvalue weighted by Gasteiger charge is -2.20. The molecular weight excluding hydrogens is 254 g/mol. The van der Waals surface area contributed by atoms with Gasteiger partial charge in [0.1, 0.15) is 6.07 Å². The van der Waals surface area contributed by atoms with E-state index < -0.39 is 6.04 Å². The zero-order valence-electron chi connectivity index (χ0n) is 11.9. The summed E-state index contributed by atoms with van der Waals surface area (Å²) in [4.78, 5) is 12.7. The van der Waals surface area contributed by atoms with E-state index in [2.05, 4.69) is 17.9 Å². The molecule has 20 heavy (non-hydrogen) atoms. The van der Waals surface area contributed by atoms with Crippen molar-refractivity contribution in [3.63, 3.8) is 0 Å². The second kappa shape index (κ2) is 5.91. The van der Waals surface area contributed by atoms with Crippen LogP contribution in [0.5, 0.6) is 0 Å². The van der Waals surface area contributed by atoms with Gasteiger partial charge in [0.15, 0.2) is 0 Å². The van der Waals surface area contributed by atoms with Gasteiger partial charge < -0.3 is 4.90 Å². The lowest BCUT2D eigenvalue weighted by atomic mass is 9.99. The molecule has 0 aromatic heterocycles. The van der Waals surface area contributed by atoms with E-state index in [-0.39, 0.29) is 4.92 Å². The fourth-order valence-corrected chi connectivity index (χ4v) is 2.80. The molecule has 106 valence electrons. The van der Waals surface area contributed by atoms with Crippen LogP contribution in [0.1, 0.15) is 37.0 Å². The number of fused-ring (bicyclic) bond motifs is 1. The molecule has 0 saturated carbocycles. The number of nitriles is 1. The Morgan fingerprint density at radius 2 is 2.30 bits per heavy atom. The van der Waals surface area contributed by atoms with Crippen molar-refractivity contribution in [1.29, 1.82) is 5.26 Å². The molecular formula is C15H19N3O2. The molecule has 1 unspecified atom stereocenters. The molecule has 0 bridgehead atoms. The number of anilines is 1. The largest absolute Gasteiger partial charge is 0.370 e. The Morgan fingerprint density at radius 3 is 2.90 bits per heavy atom. The van der Waals surface area contributed by atoms with E-state index in [1.807, 2.05) is 12.1 Å². The first kappa shape index (κ1) is 14.3. The van der Waals surface area contributed by atoms with Crippen LogP contribution in [0.2, 0.25) is 0 Å². The average Bonchev–Trinajstić information content (AvgIpc) is 2.81. The number of nitro groups is 1. The molecule has 1 aromatic rings. The van der Waals surface area contributed by atoms with E-state index in [4.69, 9.17) is 0 Å². The maximum atomic E-state index is 10.8. The van der Waals surface area contributed by atoms with Crippen LogP contribution in [0.25, 0.3) is 0 Å². The van der Waals surface area contributed by atoms with Crippen molar-refractivity contribution in [2.45, 2.75) is 39.2 Å². The maximum Gasteiger partial charge on any atom is 0.214 e. The molecule has 1 aliphatic heterocycles. The van der Waals surface area contributed by atoms with Crippen molar-refractivity contribution >= 4 is 5.69 Å². The zero-order chi connectivity index (χ0) is 14.7. The van der Waals surface area contributed by atoms with E-state index in [9.17, 15) is 15.4 Å². The monoisotopic (exact) mass is 273 g/mol. The second-order valence-electron chi connectivity index (χ2n) is 5.34. The van der Waals surface area contributed by atoms with Gasteiger partial charge in [0.25, 0.3) is 0 Å². The number of rotatable bonds is 5. The Hall–Kier alpha value is -2.09. The highest BCUT2D eigenvalue weighted by Gasteiger charge is 2.24. The quantitative estimate of drug-likeness (QED) is 0.610. The van der Waals surface area contributed by atoms with Crippen LogP contribution >= 0.6 is 0 Å². The van der Waals surface area contributed by atoms with Gasteiger partial charge in [-0.05, 0) is 30.0 Å². The molecule has 0 aliphatic carbocycles. The first-order chi connectivity index (χ1) is 9.56. The van der Waals surface area contributed by atoms with Crippen LogP contribution in [0.3, 0.4) is 0 Å². The first-order valence-electron chi connectivity index (χ1n) is 7.01. The van der Waals surface area contributed by atoms with Crippen molar-refractivity contribution in [3.05, 3.63) is 38.9 Å². The molecule has 5 nitrogen and oxygen atoms in total. The van der Waals surface area contributed by atoms with Gasteiger partial charge in [-0.15, -0.1) is 0 Å². The number of hydrogen-bond acceptors (Lipinski definition) is 4. The minimum atomic E-state index is -0.618. The highest BCUT2D eigenvalue weighted by molar-refractivity contribution is 5.68. The standard InChI is InChI=1S/C15H19N3O2/c1-3-5-17-6-4-13-8-12(7-11(2)18(19)20)9-14(10-16)15(13)17/h8-9,11H,3-7H2,1-2H3. The van der Waals surface area contributed by atoms with Crippen LogP contribution in [-0.2, 0) is 12.8 Å². The van der Waals surface area contributed by atoms with Crippen molar-refractivity contribution in [3.8, 4) is 6.07 Å². The molecule has 0 amide bonds. The summed E-state index contributed by atoms with van der Waals surface area (Å²) in [5.41, 5.74) is 3.73. The lowest BCUT2D eigenvalue weighted by Crippen LogP contribution is -2.22. The summed E-state index contributed by atoms with van der Waals surface area (Å²) in [6.45, 7) is 5.61. The molecule has 0 N–H and O–H groups in total. The van der Waals surface area contributed by atoms with Gasteiger partial charge >= 0.3 is 0 Å². The topological polar surface area (TPSA) is 70.2 Å². The molecule has 1 atom stereocenters. The molecule has 0 saturated heterocycles. The first-order valence-corrected chi connectivity index (χ1v) is 7.01. The second-order valence-corrected chi connectivity index (χ2v) is 5.34. The highest BCUT2D eigenvalue weighted by Crippen LogP contribution is 2.33. The Bertz CT molecular complexity index is 563. The average molecular weight is 273 g/mol. The number of nitrogens with zero attached hydrogens (tertiary/aromatic N) is 3. The summed E-state index contributed by atoms with van der Waals surface area (Å²) in [7, 11) is 0. The normalized spacial score (nSPS) is 14.8. The summed E-state index contributed by atoms with van der Waals surface area (Å²) in [5, 5.41) is 20.1. The van der Waals surface area contributed by atoms with Crippen LogP contribution in [0.4, 0.5) is 5.69 Å². The van der Waals surface area contributed by atoms with Crippen molar-refractivity contribution in [2.75, 3.05) is 18.0 Å². The van der Waals surface area contributed by atoms with E-state index in [0.29, 0.717) is 12.0 Å². The van der Waals surface area contributed by atoms with Crippen LogP contribution in [0, 0.1) is 21.4 Å². The van der Waals surface area contributed by atoms with E-state index >= 15 is 0 Å². The molecule has 0 spiro atoms. The van der Waals surface area contributed by atoms with Gasteiger partial charge in [-0.2, -0.15) is 5.26 Å². The van der Waals surface area contributed by atoms with Gasteiger partial charge in [0.2, 0.25) is 6.04 Å². The fraction of sp³-hybridized carbons (Fsp3) is 0.533. The van der Waals surface area contributed by atoms with E-state index in [0.717, 1.165) is 42.7 Å². The van der Waals surface area contributed by atoms with Gasteiger partial charge in [-0.1, -0.05) is 13.0 Å². The Labute approximate surface area is 119 Å². The lowest BCUT2D eigenvalue weighted by molar-refractivity contribution is -0.517. The summed E-state index contributed by atoms with van der Waals surface area (Å²) in [5.74, 6) is 0. The van der Waals surface area contributed by atoms with Crippen LogP contribution in [-0.4, -0.2) is 24.1 Å². The molecule has 1 heterocycles. The molecule has 0 radical (unpaired) electrons. The molecule has 1 aromatic carbocycles. The molecule has 1 aliphatic rings. The van der Waals surface area contributed by atoms with E-state index in [1.54, 1.807) is 6.92 Å². The highest BCUT2D eigenvalue weighted by atomic mass is 16.6. The molecule has 2 rings (SSSR count). The van der Waals surface area contributed by atoms with Crippen molar-refractivity contribution < 1.29 is 4.92 Å². The third-order valence-corrected chi connectivity index (χ3v) is 3.72. The smallest absolute Gasteiger partial charge is 0.214 e. The maximum absolute atomic E-state index is 10.8. The summed E-state index contributed by atoms with van der Waals surface area (Å²) in [6, 6.07) is 5.48. The SMILES string of the molecule is CCCN1CCc2cc(CC(C)[N+](=O)[O-])cc(C#N)c21. The number of hydrogen-bond donors (Lipinski definition) is 0. The molecule has 0 fully saturated rings. The third-order valence-electron chi connectivity index (χ3n) is 3.72. The Morgan fingerprint density at radius 1 is 1.55 bits per heavy atom. The Balaban J connectivity index is 2.33. The van der Waals surface area contributed by atoms with Crippen LogP contribution < -0.4 is 4.90 Å². The predicted octanol–water partition coefficient (Wildman–Crippen LogP) is 2.54. The zero-order valence-corrected chi connectivity index (χ0v) is 11.9. The molecule has 5 heteroatoms. The summed E-state index contributed by atoms with van der Waals surface area (Å²) < 4.78 is 0. The minimum absolute atomic E-state index is 0.275. The van der Waals surface area contributed by atoms with E-state index in [1.165, 1.54) is 0 Å². The van der Waals surface area contributed by atoms with Crippen LogP contribution in [0.15, 0.2) is 12.1 Å². The predicted molar refractivity (Wildman–Crippen MR) is 77.5 cm³/mol. The third kappa shape index (κ3) is 2.74. The van der Waals surface area contributed by atoms with Crippen molar-refractivity contribution in [1.82, 2.24) is 0 Å². The summed E-state index contributed by atoms with van der Waals surface area (Å²) >= 11 is 0. The van der Waals surface area contributed by atoms with Gasteiger partial charge in [0, 0.05) is 31.4 Å². The minimum Gasteiger partial charge on any atom is -0.370 e. The van der Waals surface area contributed by atoms with Gasteiger partial charge in [-0.25, -0.2) is 0 Å². The van der Waals surface area contributed by atoms with Gasteiger partial charge in [0.05, 0.1) is 11.3 Å². The van der Waals surface area contributed by atoms with Gasteiger partial charge in [-0.3, -0.25) is 10.1 Å². The number of benzene rings is 1. The fourth-order valence-electron chi connectivity index (χ4n) is 2.80. The summed E-state index contributed by atoms with van der Waals surface area (Å²) in [6.07, 6.45) is 2.35. The Kier molecular flexibility index (Phi) is 4.23. The van der Waals surface area contributed by atoms with Crippen molar-refractivity contribution in [2.24, 2.45) is 0 Å².